The molecule has 4 nitrogen and oxygen atoms in total. The average Bonchev–Trinajstić information content (AvgIpc) is 2.87. The second-order valence-electron chi connectivity index (χ2n) is 5.43. The maximum atomic E-state index is 5.53. The summed E-state index contributed by atoms with van der Waals surface area (Å²) in [6.45, 7) is 5.67. The zero-order valence-corrected chi connectivity index (χ0v) is 11.4. The summed E-state index contributed by atoms with van der Waals surface area (Å²) < 4.78 is 11.0. The molecule has 3 rings (SSSR count). The molecule has 104 valence electrons. The minimum absolute atomic E-state index is 0.430. The van der Waals surface area contributed by atoms with Gasteiger partial charge in [0.25, 0.3) is 0 Å². The third kappa shape index (κ3) is 3.19. The van der Waals surface area contributed by atoms with Crippen LogP contribution in [0.1, 0.15) is 18.9 Å². The van der Waals surface area contributed by atoms with Gasteiger partial charge in [0.2, 0.25) is 0 Å². The van der Waals surface area contributed by atoms with Crippen LogP contribution in [-0.4, -0.2) is 38.4 Å². The van der Waals surface area contributed by atoms with E-state index in [-0.39, 0.29) is 0 Å². The molecule has 2 atom stereocenters. The van der Waals surface area contributed by atoms with E-state index < -0.39 is 0 Å². The highest BCUT2D eigenvalue weighted by Crippen LogP contribution is 2.28. The van der Waals surface area contributed by atoms with E-state index in [1.165, 1.54) is 11.3 Å². The van der Waals surface area contributed by atoms with Crippen molar-refractivity contribution < 1.29 is 9.47 Å². The zero-order chi connectivity index (χ0) is 13.1. The Morgan fingerprint density at radius 1 is 1.42 bits per heavy atom. The van der Waals surface area contributed by atoms with E-state index in [1.54, 1.807) is 0 Å². The van der Waals surface area contributed by atoms with Crippen LogP contribution >= 0.6 is 0 Å². The highest BCUT2D eigenvalue weighted by molar-refractivity contribution is 5.52. The number of ether oxygens (including phenoxy) is 2. The normalized spacial score (nSPS) is 23.5. The summed E-state index contributed by atoms with van der Waals surface area (Å²) in [4.78, 5) is 0. The first kappa shape index (κ1) is 12.8. The van der Waals surface area contributed by atoms with Gasteiger partial charge in [0.05, 0.1) is 19.8 Å². The lowest BCUT2D eigenvalue weighted by molar-refractivity contribution is 0.0731. The summed E-state index contributed by atoms with van der Waals surface area (Å²) in [5.74, 6) is 1.04. The first-order valence-corrected chi connectivity index (χ1v) is 7.14. The first-order chi connectivity index (χ1) is 9.31. The summed E-state index contributed by atoms with van der Waals surface area (Å²) in [5.41, 5.74) is 2.50. The molecule has 2 heterocycles. The van der Waals surface area contributed by atoms with E-state index in [9.17, 15) is 0 Å². The first-order valence-electron chi connectivity index (χ1n) is 7.14. The van der Waals surface area contributed by atoms with Crippen molar-refractivity contribution in [2.75, 3.05) is 31.7 Å². The van der Waals surface area contributed by atoms with Gasteiger partial charge in [-0.25, -0.2) is 0 Å². The van der Waals surface area contributed by atoms with E-state index >= 15 is 0 Å². The molecule has 1 fully saturated rings. The number of hydrogen-bond donors (Lipinski definition) is 2. The van der Waals surface area contributed by atoms with Crippen molar-refractivity contribution >= 4 is 5.69 Å². The second kappa shape index (κ2) is 5.80. The molecule has 1 aromatic carbocycles. The van der Waals surface area contributed by atoms with Gasteiger partial charge in [-0.15, -0.1) is 0 Å². The van der Waals surface area contributed by atoms with Gasteiger partial charge in [-0.2, -0.15) is 0 Å². The van der Waals surface area contributed by atoms with Crippen molar-refractivity contribution in [1.82, 2.24) is 5.32 Å². The number of hydrogen-bond acceptors (Lipinski definition) is 4. The maximum Gasteiger partial charge on any atom is 0.122 e. The van der Waals surface area contributed by atoms with Crippen LogP contribution < -0.4 is 15.4 Å². The predicted octanol–water partition coefficient (Wildman–Crippen LogP) is 1.80. The highest BCUT2D eigenvalue weighted by atomic mass is 16.5. The molecule has 4 heteroatoms. The summed E-state index contributed by atoms with van der Waals surface area (Å²) in [6.07, 6.45) is 2.10. The minimum Gasteiger partial charge on any atom is -0.493 e. The molecule has 19 heavy (non-hydrogen) atoms. The largest absolute Gasteiger partial charge is 0.493 e. The lowest BCUT2D eigenvalue weighted by atomic mass is 10.1. The summed E-state index contributed by atoms with van der Waals surface area (Å²) in [5, 5.41) is 7.06. The van der Waals surface area contributed by atoms with Crippen LogP contribution in [-0.2, 0) is 11.2 Å². The molecule has 0 amide bonds. The summed E-state index contributed by atoms with van der Waals surface area (Å²) in [6, 6.07) is 7.28. The summed E-state index contributed by atoms with van der Waals surface area (Å²) in [7, 11) is 0. The molecule has 0 saturated carbocycles. The Balaban J connectivity index is 1.55. The van der Waals surface area contributed by atoms with Gasteiger partial charge in [-0.1, -0.05) is 0 Å². The highest BCUT2D eigenvalue weighted by Gasteiger charge is 2.17. The minimum atomic E-state index is 0.430. The molecule has 0 aliphatic carbocycles. The van der Waals surface area contributed by atoms with Crippen LogP contribution in [0.2, 0.25) is 0 Å². The van der Waals surface area contributed by atoms with Crippen molar-refractivity contribution in [2.45, 2.75) is 31.8 Å². The summed E-state index contributed by atoms with van der Waals surface area (Å²) >= 11 is 0. The molecular weight excluding hydrogens is 240 g/mol. The molecule has 1 aromatic rings. The van der Waals surface area contributed by atoms with Gasteiger partial charge in [0.1, 0.15) is 5.75 Å². The SMILES string of the molecule is CC(CC1COCCN1)Nc1ccc2c(c1)CCO2. The van der Waals surface area contributed by atoms with Crippen LogP contribution in [0.4, 0.5) is 5.69 Å². The topological polar surface area (TPSA) is 42.5 Å². The second-order valence-corrected chi connectivity index (χ2v) is 5.43. The quantitative estimate of drug-likeness (QED) is 0.868. The van der Waals surface area contributed by atoms with Gasteiger partial charge >= 0.3 is 0 Å². The van der Waals surface area contributed by atoms with Gasteiger partial charge < -0.3 is 20.1 Å². The third-order valence-corrected chi connectivity index (χ3v) is 3.74. The fourth-order valence-corrected chi connectivity index (χ4v) is 2.82. The fourth-order valence-electron chi connectivity index (χ4n) is 2.82. The Morgan fingerprint density at radius 3 is 3.21 bits per heavy atom. The molecule has 0 aromatic heterocycles. The molecule has 2 aliphatic heterocycles. The van der Waals surface area contributed by atoms with E-state index in [2.05, 4.69) is 35.8 Å². The Kier molecular flexibility index (Phi) is 3.89. The Bertz CT molecular complexity index is 430. The number of nitrogens with one attached hydrogen (secondary N) is 2. The molecule has 2 aliphatic rings. The number of anilines is 1. The van der Waals surface area contributed by atoms with Crippen LogP contribution in [0.25, 0.3) is 0 Å². The molecule has 0 bridgehead atoms. The van der Waals surface area contributed by atoms with Crippen LogP contribution in [0.3, 0.4) is 0 Å². The zero-order valence-electron chi connectivity index (χ0n) is 11.4. The number of fused-ring (bicyclic) bond motifs is 1. The van der Waals surface area contributed by atoms with E-state index in [0.29, 0.717) is 12.1 Å². The Morgan fingerprint density at radius 2 is 2.37 bits per heavy atom. The lowest BCUT2D eigenvalue weighted by Crippen LogP contribution is -2.43. The van der Waals surface area contributed by atoms with Crippen molar-refractivity contribution in [3.8, 4) is 5.75 Å². The predicted molar refractivity (Wildman–Crippen MR) is 76.0 cm³/mol. The number of rotatable bonds is 4. The van der Waals surface area contributed by atoms with Crippen LogP contribution in [0.5, 0.6) is 5.75 Å². The number of morpholine rings is 1. The lowest BCUT2D eigenvalue weighted by Gasteiger charge is -2.27. The van der Waals surface area contributed by atoms with E-state index in [1.807, 2.05) is 0 Å². The van der Waals surface area contributed by atoms with E-state index in [0.717, 1.165) is 45.0 Å². The smallest absolute Gasteiger partial charge is 0.122 e. The third-order valence-electron chi connectivity index (χ3n) is 3.74. The van der Waals surface area contributed by atoms with Gasteiger partial charge in [0.15, 0.2) is 0 Å². The Hall–Kier alpha value is -1.26. The standard InChI is InChI=1S/C15H22N2O2/c1-11(8-14-10-18-7-5-16-14)17-13-2-3-15-12(9-13)4-6-19-15/h2-3,9,11,14,16-17H,4-8,10H2,1H3. The van der Waals surface area contributed by atoms with Crippen LogP contribution in [0.15, 0.2) is 18.2 Å². The van der Waals surface area contributed by atoms with Crippen molar-refractivity contribution in [1.29, 1.82) is 0 Å². The van der Waals surface area contributed by atoms with Gasteiger partial charge in [-0.05, 0) is 37.1 Å². The molecule has 0 spiro atoms. The molecule has 0 radical (unpaired) electrons. The fraction of sp³-hybridized carbons (Fsp3) is 0.600. The van der Waals surface area contributed by atoms with Gasteiger partial charge in [-0.3, -0.25) is 0 Å². The van der Waals surface area contributed by atoms with Crippen molar-refractivity contribution in [3.63, 3.8) is 0 Å². The Labute approximate surface area is 114 Å². The van der Waals surface area contributed by atoms with E-state index in [4.69, 9.17) is 9.47 Å². The maximum absolute atomic E-state index is 5.53. The average molecular weight is 262 g/mol. The van der Waals surface area contributed by atoms with Gasteiger partial charge in [0, 0.05) is 30.7 Å². The number of benzene rings is 1. The van der Waals surface area contributed by atoms with Crippen LogP contribution in [0, 0.1) is 0 Å². The molecule has 2 N–H and O–H groups in total. The van der Waals surface area contributed by atoms with Crippen molar-refractivity contribution in [3.05, 3.63) is 23.8 Å². The van der Waals surface area contributed by atoms with Crippen molar-refractivity contribution in [2.24, 2.45) is 0 Å². The monoisotopic (exact) mass is 262 g/mol. The molecule has 2 unspecified atom stereocenters. The molecule has 1 saturated heterocycles. The molecular formula is C15H22N2O2.